The molecule has 2 rings (SSSR count). The lowest BCUT2D eigenvalue weighted by Crippen LogP contribution is -2.27. The number of rotatable bonds is 6. The van der Waals surface area contributed by atoms with Crippen molar-refractivity contribution in [2.75, 3.05) is 29.9 Å². The molecule has 1 aromatic rings. The number of urea groups is 1. The van der Waals surface area contributed by atoms with Gasteiger partial charge in [-0.25, -0.2) is 4.79 Å². The molecule has 0 saturated carbocycles. The van der Waals surface area contributed by atoms with Gasteiger partial charge in [-0.05, 0) is 30.2 Å². The number of benzene rings is 1. The van der Waals surface area contributed by atoms with Crippen LogP contribution in [0.3, 0.4) is 0 Å². The first-order valence-electron chi connectivity index (χ1n) is 7.13. The molecule has 2 amide bonds. The van der Waals surface area contributed by atoms with Gasteiger partial charge in [-0.1, -0.05) is 26.7 Å². The maximum atomic E-state index is 11.6. The summed E-state index contributed by atoms with van der Waals surface area (Å²) in [5.41, 5.74) is 2.08. The number of hydrogen-bond acceptors (Lipinski definition) is 2. The molecule has 1 aliphatic heterocycles. The SMILES string of the molecule is CCC(CC)CNc1ccc(N2CCNC2=O)cc1. The highest BCUT2D eigenvalue weighted by atomic mass is 16.2. The van der Waals surface area contributed by atoms with E-state index in [1.54, 1.807) is 4.90 Å². The van der Waals surface area contributed by atoms with Gasteiger partial charge in [0.1, 0.15) is 0 Å². The van der Waals surface area contributed by atoms with E-state index >= 15 is 0 Å². The standard InChI is InChI=1S/C15H23N3O/c1-3-12(4-2)11-17-13-5-7-14(8-6-13)18-10-9-16-15(18)19/h5-8,12,17H,3-4,9-11H2,1-2H3,(H,16,19). The molecule has 2 N–H and O–H groups in total. The zero-order chi connectivity index (χ0) is 13.7. The maximum absolute atomic E-state index is 11.6. The van der Waals surface area contributed by atoms with Crippen molar-refractivity contribution in [3.63, 3.8) is 0 Å². The fourth-order valence-electron chi connectivity index (χ4n) is 2.32. The first kappa shape index (κ1) is 13.7. The Bertz CT molecular complexity index is 412. The van der Waals surface area contributed by atoms with E-state index in [-0.39, 0.29) is 6.03 Å². The quantitative estimate of drug-likeness (QED) is 0.826. The summed E-state index contributed by atoms with van der Waals surface area (Å²) in [5.74, 6) is 0.726. The lowest BCUT2D eigenvalue weighted by molar-refractivity contribution is 0.252. The van der Waals surface area contributed by atoms with Crippen LogP contribution in [0, 0.1) is 5.92 Å². The van der Waals surface area contributed by atoms with E-state index in [1.807, 2.05) is 24.3 Å². The largest absolute Gasteiger partial charge is 0.385 e. The van der Waals surface area contributed by atoms with Crippen molar-refractivity contribution >= 4 is 17.4 Å². The van der Waals surface area contributed by atoms with Crippen LogP contribution < -0.4 is 15.5 Å². The molecule has 1 aliphatic rings. The summed E-state index contributed by atoms with van der Waals surface area (Å²) in [4.78, 5) is 13.3. The minimum atomic E-state index is -0.00209. The van der Waals surface area contributed by atoms with Crippen LogP contribution in [-0.2, 0) is 0 Å². The van der Waals surface area contributed by atoms with Crippen LogP contribution in [0.25, 0.3) is 0 Å². The summed E-state index contributed by atoms with van der Waals surface area (Å²) in [6.45, 7) is 6.94. The second-order valence-electron chi connectivity index (χ2n) is 4.99. The molecular weight excluding hydrogens is 238 g/mol. The molecule has 0 spiro atoms. The highest BCUT2D eigenvalue weighted by Crippen LogP contribution is 2.20. The van der Waals surface area contributed by atoms with Gasteiger partial charge in [0, 0.05) is 31.0 Å². The highest BCUT2D eigenvalue weighted by molar-refractivity contribution is 5.94. The van der Waals surface area contributed by atoms with Crippen molar-refractivity contribution in [2.45, 2.75) is 26.7 Å². The first-order chi connectivity index (χ1) is 9.24. The summed E-state index contributed by atoms with van der Waals surface area (Å²) in [5, 5.41) is 6.27. The lowest BCUT2D eigenvalue weighted by atomic mass is 10.0. The van der Waals surface area contributed by atoms with Crippen LogP contribution >= 0.6 is 0 Å². The van der Waals surface area contributed by atoms with E-state index in [0.717, 1.165) is 36.9 Å². The lowest BCUT2D eigenvalue weighted by Gasteiger charge is -2.17. The Morgan fingerprint density at radius 1 is 1.26 bits per heavy atom. The second kappa shape index (κ2) is 6.45. The number of nitrogens with zero attached hydrogens (tertiary/aromatic N) is 1. The summed E-state index contributed by atoms with van der Waals surface area (Å²) >= 11 is 0. The number of carbonyl (C=O) groups is 1. The average Bonchev–Trinajstić information content (AvgIpc) is 2.87. The maximum Gasteiger partial charge on any atom is 0.321 e. The van der Waals surface area contributed by atoms with Crippen LogP contribution in [0.1, 0.15) is 26.7 Å². The van der Waals surface area contributed by atoms with Crippen molar-refractivity contribution in [2.24, 2.45) is 5.92 Å². The van der Waals surface area contributed by atoms with Crippen molar-refractivity contribution < 1.29 is 4.79 Å². The molecule has 1 fully saturated rings. The van der Waals surface area contributed by atoms with E-state index in [0.29, 0.717) is 0 Å². The molecule has 0 aromatic heterocycles. The zero-order valence-corrected chi connectivity index (χ0v) is 11.8. The van der Waals surface area contributed by atoms with Crippen molar-refractivity contribution in [1.82, 2.24) is 5.32 Å². The van der Waals surface area contributed by atoms with Gasteiger partial charge in [0.15, 0.2) is 0 Å². The molecule has 1 heterocycles. The normalized spacial score (nSPS) is 14.9. The Hall–Kier alpha value is -1.71. The molecule has 0 atom stereocenters. The molecule has 104 valence electrons. The minimum absolute atomic E-state index is 0.00209. The van der Waals surface area contributed by atoms with Crippen LogP contribution in [0.5, 0.6) is 0 Å². The molecule has 19 heavy (non-hydrogen) atoms. The van der Waals surface area contributed by atoms with Crippen molar-refractivity contribution in [3.8, 4) is 0 Å². The highest BCUT2D eigenvalue weighted by Gasteiger charge is 2.20. The number of carbonyl (C=O) groups excluding carboxylic acids is 1. The number of hydrogen-bond donors (Lipinski definition) is 2. The van der Waals surface area contributed by atoms with E-state index in [1.165, 1.54) is 12.8 Å². The molecule has 1 aromatic carbocycles. The number of amides is 2. The second-order valence-corrected chi connectivity index (χ2v) is 4.99. The van der Waals surface area contributed by atoms with Gasteiger partial charge in [0.2, 0.25) is 0 Å². The van der Waals surface area contributed by atoms with Crippen molar-refractivity contribution in [3.05, 3.63) is 24.3 Å². The van der Waals surface area contributed by atoms with Gasteiger partial charge in [-0.3, -0.25) is 4.90 Å². The average molecular weight is 261 g/mol. The Labute approximate surface area is 115 Å². The Morgan fingerprint density at radius 2 is 1.95 bits per heavy atom. The number of nitrogens with one attached hydrogen (secondary N) is 2. The van der Waals surface area contributed by atoms with Crippen LogP contribution in [-0.4, -0.2) is 25.7 Å². The smallest absolute Gasteiger partial charge is 0.321 e. The predicted molar refractivity (Wildman–Crippen MR) is 79.7 cm³/mol. The first-order valence-corrected chi connectivity index (χ1v) is 7.13. The summed E-state index contributed by atoms with van der Waals surface area (Å²) in [6, 6.07) is 8.09. The molecule has 1 saturated heterocycles. The summed E-state index contributed by atoms with van der Waals surface area (Å²) < 4.78 is 0. The summed E-state index contributed by atoms with van der Waals surface area (Å²) in [6.07, 6.45) is 2.41. The Balaban J connectivity index is 1.93. The van der Waals surface area contributed by atoms with Gasteiger partial charge in [0.05, 0.1) is 0 Å². The summed E-state index contributed by atoms with van der Waals surface area (Å²) in [7, 11) is 0. The molecule has 0 aliphatic carbocycles. The van der Waals surface area contributed by atoms with E-state index in [4.69, 9.17) is 0 Å². The molecule has 0 radical (unpaired) electrons. The van der Waals surface area contributed by atoms with Crippen LogP contribution in [0.15, 0.2) is 24.3 Å². The van der Waals surface area contributed by atoms with E-state index < -0.39 is 0 Å². The minimum Gasteiger partial charge on any atom is -0.385 e. The van der Waals surface area contributed by atoms with E-state index in [9.17, 15) is 4.79 Å². The molecule has 4 heteroatoms. The van der Waals surface area contributed by atoms with Gasteiger partial charge < -0.3 is 10.6 Å². The van der Waals surface area contributed by atoms with Crippen LogP contribution in [0.2, 0.25) is 0 Å². The van der Waals surface area contributed by atoms with Gasteiger partial charge in [0.25, 0.3) is 0 Å². The zero-order valence-electron chi connectivity index (χ0n) is 11.8. The van der Waals surface area contributed by atoms with Crippen LogP contribution in [0.4, 0.5) is 16.2 Å². The third kappa shape index (κ3) is 3.40. The Kier molecular flexibility index (Phi) is 4.66. The Morgan fingerprint density at radius 3 is 2.47 bits per heavy atom. The number of anilines is 2. The third-order valence-corrected chi connectivity index (χ3v) is 3.79. The molecule has 4 nitrogen and oxygen atoms in total. The fraction of sp³-hybridized carbons (Fsp3) is 0.533. The molecule has 0 unspecified atom stereocenters. The topological polar surface area (TPSA) is 44.4 Å². The monoisotopic (exact) mass is 261 g/mol. The molecular formula is C15H23N3O. The van der Waals surface area contributed by atoms with Gasteiger partial charge >= 0.3 is 6.03 Å². The van der Waals surface area contributed by atoms with Crippen molar-refractivity contribution in [1.29, 1.82) is 0 Å². The fourth-order valence-corrected chi connectivity index (χ4v) is 2.32. The predicted octanol–water partition coefficient (Wildman–Crippen LogP) is 3.06. The van der Waals surface area contributed by atoms with E-state index in [2.05, 4.69) is 24.5 Å². The molecule has 0 bridgehead atoms. The van der Waals surface area contributed by atoms with Gasteiger partial charge in [-0.15, -0.1) is 0 Å². The van der Waals surface area contributed by atoms with Gasteiger partial charge in [-0.2, -0.15) is 0 Å². The third-order valence-electron chi connectivity index (χ3n) is 3.79.